The standard InChI is InChI=1S/C8H13ClO2/c1-6(10)11-8-4-2-7(9)3-5-8/h7-8H,2-5H2,1H3. The van der Waals surface area contributed by atoms with E-state index in [-0.39, 0.29) is 12.1 Å². The fourth-order valence-corrected chi connectivity index (χ4v) is 1.63. The van der Waals surface area contributed by atoms with Gasteiger partial charge in [-0.1, -0.05) is 0 Å². The second-order valence-electron chi connectivity index (χ2n) is 2.98. The summed E-state index contributed by atoms with van der Waals surface area (Å²) in [4.78, 5) is 10.5. The van der Waals surface area contributed by atoms with Gasteiger partial charge in [-0.3, -0.25) is 4.79 Å². The molecule has 0 amide bonds. The molecule has 1 aliphatic carbocycles. The zero-order valence-electron chi connectivity index (χ0n) is 6.68. The number of halogens is 1. The molecule has 3 heteroatoms. The van der Waals surface area contributed by atoms with E-state index in [1.54, 1.807) is 0 Å². The zero-order chi connectivity index (χ0) is 8.27. The molecule has 0 bridgehead atoms. The third kappa shape index (κ3) is 3.10. The van der Waals surface area contributed by atoms with Gasteiger partial charge in [0.15, 0.2) is 0 Å². The van der Waals surface area contributed by atoms with E-state index in [4.69, 9.17) is 16.3 Å². The zero-order valence-corrected chi connectivity index (χ0v) is 7.43. The molecular formula is C8H13ClO2. The normalized spacial score (nSPS) is 31.5. The highest BCUT2D eigenvalue weighted by atomic mass is 35.5. The summed E-state index contributed by atoms with van der Waals surface area (Å²) in [5, 5.41) is 0.293. The Morgan fingerprint density at radius 2 is 1.91 bits per heavy atom. The van der Waals surface area contributed by atoms with Crippen molar-refractivity contribution in [3.05, 3.63) is 0 Å². The number of alkyl halides is 1. The van der Waals surface area contributed by atoms with Gasteiger partial charge in [0.25, 0.3) is 0 Å². The number of hydrogen-bond donors (Lipinski definition) is 0. The molecule has 0 heterocycles. The van der Waals surface area contributed by atoms with E-state index in [1.165, 1.54) is 6.92 Å². The predicted octanol–water partition coefficient (Wildman–Crippen LogP) is 2.10. The smallest absolute Gasteiger partial charge is 0.302 e. The lowest BCUT2D eigenvalue weighted by Gasteiger charge is -2.24. The summed E-state index contributed by atoms with van der Waals surface area (Å²) in [5.41, 5.74) is 0. The number of carbonyl (C=O) groups is 1. The minimum absolute atomic E-state index is 0.127. The van der Waals surface area contributed by atoms with Crippen LogP contribution in [0.4, 0.5) is 0 Å². The van der Waals surface area contributed by atoms with Crippen LogP contribution < -0.4 is 0 Å². The average Bonchev–Trinajstić information content (AvgIpc) is 1.93. The number of carbonyl (C=O) groups excluding carboxylic acids is 1. The van der Waals surface area contributed by atoms with Crippen molar-refractivity contribution in [2.45, 2.75) is 44.1 Å². The minimum atomic E-state index is -0.178. The maximum atomic E-state index is 10.5. The fourth-order valence-electron chi connectivity index (χ4n) is 1.37. The molecule has 0 radical (unpaired) electrons. The van der Waals surface area contributed by atoms with Gasteiger partial charge in [-0.05, 0) is 25.7 Å². The Kier molecular flexibility index (Phi) is 3.18. The predicted molar refractivity (Wildman–Crippen MR) is 43.7 cm³/mol. The lowest BCUT2D eigenvalue weighted by Crippen LogP contribution is -2.23. The molecule has 64 valence electrons. The molecule has 11 heavy (non-hydrogen) atoms. The first kappa shape index (κ1) is 8.85. The highest BCUT2D eigenvalue weighted by molar-refractivity contribution is 6.20. The van der Waals surface area contributed by atoms with Gasteiger partial charge in [0.05, 0.1) is 0 Å². The Bertz CT molecular complexity index is 139. The molecule has 0 aromatic rings. The van der Waals surface area contributed by atoms with Gasteiger partial charge in [0.1, 0.15) is 6.10 Å². The Labute approximate surface area is 71.9 Å². The summed E-state index contributed by atoms with van der Waals surface area (Å²) in [6.45, 7) is 1.45. The molecule has 1 rings (SSSR count). The van der Waals surface area contributed by atoms with Crippen LogP contribution in [0.25, 0.3) is 0 Å². The van der Waals surface area contributed by atoms with Crippen LogP contribution in [0.1, 0.15) is 32.6 Å². The highest BCUT2D eigenvalue weighted by Gasteiger charge is 2.20. The molecule has 1 aliphatic rings. The number of rotatable bonds is 1. The molecule has 0 aliphatic heterocycles. The van der Waals surface area contributed by atoms with E-state index in [0.717, 1.165) is 25.7 Å². The fraction of sp³-hybridized carbons (Fsp3) is 0.875. The van der Waals surface area contributed by atoms with Gasteiger partial charge in [-0.15, -0.1) is 11.6 Å². The summed E-state index contributed by atoms with van der Waals surface area (Å²) in [5.74, 6) is -0.178. The van der Waals surface area contributed by atoms with Crippen LogP contribution in [0, 0.1) is 0 Å². The highest BCUT2D eigenvalue weighted by Crippen LogP contribution is 2.24. The summed E-state index contributed by atoms with van der Waals surface area (Å²) in [6.07, 6.45) is 3.92. The van der Waals surface area contributed by atoms with Crippen molar-refractivity contribution in [2.75, 3.05) is 0 Å². The molecular weight excluding hydrogens is 164 g/mol. The van der Waals surface area contributed by atoms with E-state index < -0.39 is 0 Å². The van der Waals surface area contributed by atoms with Crippen molar-refractivity contribution in [3.8, 4) is 0 Å². The number of ether oxygens (including phenoxy) is 1. The third-order valence-electron chi connectivity index (χ3n) is 1.94. The molecule has 0 spiro atoms. The summed E-state index contributed by atoms with van der Waals surface area (Å²) >= 11 is 5.88. The van der Waals surface area contributed by atoms with Gasteiger partial charge in [-0.25, -0.2) is 0 Å². The van der Waals surface area contributed by atoms with Crippen LogP contribution in [0.2, 0.25) is 0 Å². The van der Waals surface area contributed by atoms with Crippen molar-refractivity contribution >= 4 is 17.6 Å². The second-order valence-corrected chi connectivity index (χ2v) is 3.60. The van der Waals surface area contributed by atoms with E-state index in [1.807, 2.05) is 0 Å². The van der Waals surface area contributed by atoms with Crippen LogP contribution in [0.3, 0.4) is 0 Å². The molecule has 1 fully saturated rings. The molecule has 0 saturated heterocycles. The largest absolute Gasteiger partial charge is 0.463 e. The quantitative estimate of drug-likeness (QED) is 0.452. The Morgan fingerprint density at radius 3 is 2.36 bits per heavy atom. The van der Waals surface area contributed by atoms with E-state index in [0.29, 0.717) is 5.38 Å². The lowest BCUT2D eigenvalue weighted by atomic mass is 9.97. The van der Waals surface area contributed by atoms with Gasteiger partial charge in [0.2, 0.25) is 0 Å². The summed E-state index contributed by atoms with van der Waals surface area (Å²) in [6, 6.07) is 0. The Hall–Kier alpha value is -0.240. The van der Waals surface area contributed by atoms with Gasteiger partial charge in [0, 0.05) is 12.3 Å². The van der Waals surface area contributed by atoms with Gasteiger partial charge < -0.3 is 4.74 Å². The molecule has 0 aromatic heterocycles. The first-order valence-corrected chi connectivity index (χ1v) is 4.43. The van der Waals surface area contributed by atoms with Crippen LogP contribution in [0.5, 0.6) is 0 Å². The van der Waals surface area contributed by atoms with Crippen molar-refractivity contribution in [1.82, 2.24) is 0 Å². The molecule has 1 saturated carbocycles. The van der Waals surface area contributed by atoms with Gasteiger partial charge in [-0.2, -0.15) is 0 Å². The molecule has 0 N–H and O–H groups in total. The summed E-state index contributed by atoms with van der Waals surface area (Å²) in [7, 11) is 0. The summed E-state index contributed by atoms with van der Waals surface area (Å²) < 4.78 is 5.04. The van der Waals surface area contributed by atoms with Crippen molar-refractivity contribution in [1.29, 1.82) is 0 Å². The number of esters is 1. The van der Waals surface area contributed by atoms with Gasteiger partial charge >= 0.3 is 5.97 Å². The monoisotopic (exact) mass is 176 g/mol. The Morgan fingerprint density at radius 1 is 1.36 bits per heavy atom. The Balaban J connectivity index is 2.22. The first-order chi connectivity index (χ1) is 5.18. The van der Waals surface area contributed by atoms with Crippen LogP contribution in [-0.4, -0.2) is 17.5 Å². The molecule has 0 unspecified atom stereocenters. The minimum Gasteiger partial charge on any atom is -0.463 e. The first-order valence-electron chi connectivity index (χ1n) is 4.00. The molecule has 2 nitrogen and oxygen atoms in total. The van der Waals surface area contributed by atoms with Crippen molar-refractivity contribution < 1.29 is 9.53 Å². The van der Waals surface area contributed by atoms with E-state index in [2.05, 4.69) is 0 Å². The van der Waals surface area contributed by atoms with E-state index >= 15 is 0 Å². The van der Waals surface area contributed by atoms with Crippen molar-refractivity contribution in [3.63, 3.8) is 0 Å². The van der Waals surface area contributed by atoms with Crippen LogP contribution in [-0.2, 0) is 9.53 Å². The third-order valence-corrected chi connectivity index (χ3v) is 2.37. The van der Waals surface area contributed by atoms with E-state index in [9.17, 15) is 4.79 Å². The number of hydrogen-bond acceptors (Lipinski definition) is 2. The molecule has 0 atom stereocenters. The second kappa shape index (κ2) is 3.96. The lowest BCUT2D eigenvalue weighted by molar-refractivity contribution is -0.147. The molecule has 0 aromatic carbocycles. The average molecular weight is 177 g/mol. The maximum absolute atomic E-state index is 10.5. The van der Waals surface area contributed by atoms with Crippen molar-refractivity contribution in [2.24, 2.45) is 0 Å². The SMILES string of the molecule is CC(=O)OC1CCC(Cl)CC1. The maximum Gasteiger partial charge on any atom is 0.302 e. The topological polar surface area (TPSA) is 26.3 Å². The van der Waals surface area contributed by atoms with Crippen LogP contribution in [0.15, 0.2) is 0 Å². The van der Waals surface area contributed by atoms with Crippen LogP contribution >= 0.6 is 11.6 Å².